The zero-order chi connectivity index (χ0) is 15.1. The van der Waals surface area contributed by atoms with Crippen molar-refractivity contribution in [2.75, 3.05) is 27.2 Å². The molecule has 0 heterocycles. The maximum Gasteiger partial charge on any atom is 0.127 e. The van der Waals surface area contributed by atoms with Crippen molar-refractivity contribution in [1.29, 1.82) is 0 Å². The van der Waals surface area contributed by atoms with Gasteiger partial charge in [0.2, 0.25) is 0 Å². The van der Waals surface area contributed by atoms with Gasteiger partial charge in [-0.15, -0.1) is 0 Å². The van der Waals surface area contributed by atoms with E-state index in [9.17, 15) is 4.39 Å². The minimum atomic E-state index is -0.0899. The summed E-state index contributed by atoms with van der Waals surface area (Å²) in [5, 5.41) is 3.39. The van der Waals surface area contributed by atoms with Gasteiger partial charge in [-0.05, 0) is 38.4 Å². The molecule has 0 aromatic heterocycles. The average Bonchev–Trinajstić information content (AvgIpc) is 2.67. The zero-order valence-corrected chi connectivity index (χ0v) is 13.5. The lowest BCUT2D eigenvalue weighted by atomic mass is 9.79. The maximum atomic E-state index is 13.8. The zero-order valence-electron chi connectivity index (χ0n) is 13.5. The minimum absolute atomic E-state index is 0.0899. The first-order valence-electron chi connectivity index (χ1n) is 8.22. The minimum Gasteiger partial charge on any atom is -0.319 e. The van der Waals surface area contributed by atoms with Gasteiger partial charge in [0, 0.05) is 25.2 Å². The summed E-state index contributed by atoms with van der Waals surface area (Å²) in [5.41, 5.74) is 1.15. The van der Waals surface area contributed by atoms with Crippen LogP contribution in [0.25, 0.3) is 0 Å². The van der Waals surface area contributed by atoms with E-state index in [1.807, 2.05) is 19.2 Å². The molecule has 0 bridgehead atoms. The third kappa shape index (κ3) is 4.79. The maximum absolute atomic E-state index is 13.8. The highest BCUT2D eigenvalue weighted by Crippen LogP contribution is 2.35. The van der Waals surface area contributed by atoms with Gasteiger partial charge in [-0.1, -0.05) is 43.9 Å². The van der Waals surface area contributed by atoms with Crippen molar-refractivity contribution in [2.45, 2.75) is 45.1 Å². The van der Waals surface area contributed by atoms with Crippen LogP contribution in [0.5, 0.6) is 0 Å². The molecule has 0 radical (unpaired) electrons. The lowest BCUT2D eigenvalue weighted by molar-refractivity contribution is 0.143. The van der Waals surface area contributed by atoms with Crippen molar-refractivity contribution >= 4 is 0 Å². The quantitative estimate of drug-likeness (QED) is 0.802. The second-order valence-corrected chi connectivity index (χ2v) is 6.71. The van der Waals surface area contributed by atoms with Crippen LogP contribution in [0, 0.1) is 11.2 Å². The lowest BCUT2D eigenvalue weighted by Gasteiger charge is -2.36. The molecule has 0 aliphatic heterocycles. The van der Waals surface area contributed by atoms with Crippen LogP contribution in [0.3, 0.4) is 0 Å². The number of halogens is 1. The molecule has 1 aliphatic carbocycles. The fourth-order valence-corrected chi connectivity index (χ4v) is 3.79. The predicted molar refractivity (Wildman–Crippen MR) is 86.8 cm³/mol. The van der Waals surface area contributed by atoms with Crippen molar-refractivity contribution < 1.29 is 4.39 Å². The van der Waals surface area contributed by atoms with Gasteiger partial charge in [-0.3, -0.25) is 0 Å². The third-order valence-corrected chi connectivity index (χ3v) is 4.72. The highest BCUT2D eigenvalue weighted by molar-refractivity contribution is 5.17. The van der Waals surface area contributed by atoms with E-state index >= 15 is 0 Å². The summed E-state index contributed by atoms with van der Waals surface area (Å²) in [6.07, 6.45) is 7.96. The number of benzene rings is 1. The first-order chi connectivity index (χ1) is 10.2. The molecule has 2 rings (SSSR count). The molecule has 0 spiro atoms. The number of hydrogen-bond acceptors (Lipinski definition) is 2. The molecule has 0 unspecified atom stereocenters. The molecule has 2 nitrogen and oxygen atoms in total. The van der Waals surface area contributed by atoms with Gasteiger partial charge in [0.05, 0.1) is 0 Å². The summed E-state index contributed by atoms with van der Waals surface area (Å²) in [6.45, 7) is 2.80. The van der Waals surface area contributed by atoms with Crippen LogP contribution < -0.4 is 5.32 Å². The van der Waals surface area contributed by atoms with E-state index in [4.69, 9.17) is 0 Å². The Hall–Kier alpha value is -0.930. The van der Waals surface area contributed by atoms with E-state index in [1.165, 1.54) is 38.5 Å². The fourth-order valence-electron chi connectivity index (χ4n) is 3.79. The summed E-state index contributed by atoms with van der Waals surface area (Å²) in [6, 6.07) is 7.12. The van der Waals surface area contributed by atoms with Crippen LogP contribution in [0.2, 0.25) is 0 Å². The Morgan fingerprint density at radius 3 is 2.43 bits per heavy atom. The molecule has 1 aliphatic rings. The standard InChI is InChI=1S/C18H29FN2/c1-20-14-18(11-7-3-4-8-12-18)15-21(2)13-16-9-5-6-10-17(16)19/h5-6,9-10,20H,3-4,7-8,11-15H2,1-2H3. The van der Waals surface area contributed by atoms with Crippen molar-refractivity contribution in [3.05, 3.63) is 35.6 Å². The van der Waals surface area contributed by atoms with Gasteiger partial charge in [0.1, 0.15) is 5.82 Å². The van der Waals surface area contributed by atoms with Gasteiger partial charge < -0.3 is 10.2 Å². The Morgan fingerprint density at radius 2 is 1.81 bits per heavy atom. The molecule has 118 valence electrons. The van der Waals surface area contributed by atoms with Crippen molar-refractivity contribution in [2.24, 2.45) is 5.41 Å². The van der Waals surface area contributed by atoms with E-state index in [-0.39, 0.29) is 5.82 Å². The largest absolute Gasteiger partial charge is 0.319 e. The molecule has 1 aromatic rings. The first-order valence-corrected chi connectivity index (χ1v) is 8.22. The van der Waals surface area contributed by atoms with Gasteiger partial charge in [0.15, 0.2) is 0 Å². The Bertz CT molecular complexity index is 425. The second kappa shape index (κ2) is 7.90. The van der Waals surface area contributed by atoms with Crippen LogP contribution in [-0.2, 0) is 6.54 Å². The Kier molecular flexibility index (Phi) is 6.19. The molecule has 3 heteroatoms. The van der Waals surface area contributed by atoms with E-state index in [0.29, 0.717) is 12.0 Å². The summed E-state index contributed by atoms with van der Waals surface area (Å²) >= 11 is 0. The van der Waals surface area contributed by atoms with Gasteiger partial charge >= 0.3 is 0 Å². The van der Waals surface area contributed by atoms with Crippen LogP contribution >= 0.6 is 0 Å². The Morgan fingerprint density at radius 1 is 1.14 bits per heavy atom. The smallest absolute Gasteiger partial charge is 0.127 e. The van der Waals surface area contributed by atoms with Crippen molar-refractivity contribution in [3.8, 4) is 0 Å². The first kappa shape index (κ1) is 16.4. The highest BCUT2D eigenvalue weighted by atomic mass is 19.1. The Balaban J connectivity index is 2.00. The second-order valence-electron chi connectivity index (χ2n) is 6.71. The van der Waals surface area contributed by atoms with Crippen LogP contribution in [0.1, 0.15) is 44.1 Å². The van der Waals surface area contributed by atoms with Gasteiger partial charge in [0.25, 0.3) is 0 Å². The molecule has 21 heavy (non-hydrogen) atoms. The summed E-state index contributed by atoms with van der Waals surface area (Å²) in [4.78, 5) is 2.29. The van der Waals surface area contributed by atoms with Gasteiger partial charge in [-0.2, -0.15) is 0 Å². The monoisotopic (exact) mass is 292 g/mol. The topological polar surface area (TPSA) is 15.3 Å². The molecule has 1 fully saturated rings. The molecule has 0 amide bonds. The molecule has 1 saturated carbocycles. The van der Waals surface area contributed by atoms with E-state index < -0.39 is 0 Å². The van der Waals surface area contributed by atoms with E-state index in [1.54, 1.807) is 12.1 Å². The fraction of sp³-hybridized carbons (Fsp3) is 0.667. The highest BCUT2D eigenvalue weighted by Gasteiger charge is 2.31. The van der Waals surface area contributed by atoms with E-state index in [0.717, 1.165) is 18.7 Å². The third-order valence-electron chi connectivity index (χ3n) is 4.72. The number of hydrogen-bond donors (Lipinski definition) is 1. The summed E-state index contributed by atoms with van der Waals surface area (Å²) in [7, 11) is 4.16. The van der Waals surface area contributed by atoms with Crippen LogP contribution in [0.15, 0.2) is 24.3 Å². The number of nitrogens with one attached hydrogen (secondary N) is 1. The van der Waals surface area contributed by atoms with Crippen molar-refractivity contribution in [3.63, 3.8) is 0 Å². The number of nitrogens with zero attached hydrogens (tertiary/aromatic N) is 1. The summed E-state index contributed by atoms with van der Waals surface area (Å²) in [5.74, 6) is -0.0899. The molecular weight excluding hydrogens is 263 g/mol. The molecule has 0 saturated heterocycles. The molecule has 1 N–H and O–H groups in total. The van der Waals surface area contributed by atoms with Crippen LogP contribution in [-0.4, -0.2) is 32.1 Å². The van der Waals surface area contributed by atoms with E-state index in [2.05, 4.69) is 17.3 Å². The average molecular weight is 292 g/mol. The lowest BCUT2D eigenvalue weighted by Crippen LogP contribution is -2.41. The SMILES string of the molecule is CNCC1(CN(C)Cc2ccccc2F)CCCCCC1. The van der Waals surface area contributed by atoms with Crippen molar-refractivity contribution in [1.82, 2.24) is 10.2 Å². The normalized spacial score (nSPS) is 18.7. The molecular formula is C18H29FN2. The summed E-state index contributed by atoms with van der Waals surface area (Å²) < 4.78 is 13.8. The predicted octanol–water partition coefficient (Wildman–Crippen LogP) is 3.82. The Labute approximate surface area is 128 Å². The molecule has 0 atom stereocenters. The van der Waals surface area contributed by atoms with Gasteiger partial charge in [-0.25, -0.2) is 4.39 Å². The number of rotatable bonds is 6. The van der Waals surface area contributed by atoms with Crippen LogP contribution in [0.4, 0.5) is 4.39 Å². The molecule has 1 aromatic carbocycles.